The van der Waals surface area contributed by atoms with E-state index in [1.807, 2.05) is 4.90 Å². The topological polar surface area (TPSA) is 86.0 Å². The molecular formula is C38H50N4O4S. The highest BCUT2D eigenvalue weighted by atomic mass is 32.1. The zero-order valence-corrected chi connectivity index (χ0v) is 29.3. The number of morpholine rings is 1. The molecule has 4 aliphatic rings. The van der Waals surface area contributed by atoms with Gasteiger partial charge in [0.2, 0.25) is 5.91 Å². The quantitative estimate of drug-likeness (QED) is 0.276. The number of ether oxygens (including phenoxy) is 1. The lowest BCUT2D eigenvalue weighted by atomic mass is 9.76. The summed E-state index contributed by atoms with van der Waals surface area (Å²) < 4.78 is 5.39. The molecule has 8 nitrogen and oxygen atoms in total. The van der Waals surface area contributed by atoms with E-state index >= 15 is 0 Å². The third kappa shape index (κ3) is 6.48. The zero-order chi connectivity index (χ0) is 32.9. The first kappa shape index (κ1) is 32.7. The number of nitrogens with zero attached hydrogens (tertiary/aromatic N) is 3. The minimum absolute atomic E-state index is 0.137. The van der Waals surface area contributed by atoms with Crippen LogP contribution in [0.4, 0.5) is 0 Å². The van der Waals surface area contributed by atoms with Gasteiger partial charge in [-0.05, 0) is 89.0 Å². The van der Waals surface area contributed by atoms with E-state index in [-0.39, 0.29) is 17.6 Å². The summed E-state index contributed by atoms with van der Waals surface area (Å²) in [5, 5.41) is 0.950. The van der Waals surface area contributed by atoms with E-state index in [2.05, 4.69) is 66.7 Å². The number of aromatic amines is 1. The van der Waals surface area contributed by atoms with Crippen LogP contribution in [0.1, 0.15) is 72.3 Å². The molecule has 3 aromatic rings. The molecule has 2 saturated carbocycles. The summed E-state index contributed by atoms with van der Waals surface area (Å²) in [7, 11) is 0. The molecule has 2 saturated heterocycles. The van der Waals surface area contributed by atoms with Gasteiger partial charge in [-0.3, -0.25) is 19.3 Å². The average Bonchev–Trinajstić information content (AvgIpc) is 3.84. The molecule has 9 heteroatoms. The van der Waals surface area contributed by atoms with E-state index < -0.39 is 5.41 Å². The Labute approximate surface area is 282 Å². The molecule has 0 unspecified atom stereocenters. The largest absolute Gasteiger partial charge is 0.378 e. The second kappa shape index (κ2) is 13.2. The van der Waals surface area contributed by atoms with Crippen LogP contribution < -0.4 is 0 Å². The van der Waals surface area contributed by atoms with Gasteiger partial charge in [-0.15, -0.1) is 11.3 Å². The van der Waals surface area contributed by atoms with Gasteiger partial charge in [0.15, 0.2) is 5.78 Å². The number of thiophene rings is 1. The second-order valence-corrected chi connectivity index (χ2v) is 16.1. The Kier molecular flexibility index (Phi) is 9.19. The highest BCUT2D eigenvalue weighted by Gasteiger charge is 2.50. The number of H-pyrrole nitrogens is 1. The maximum Gasteiger partial charge on any atom is 0.236 e. The monoisotopic (exact) mass is 658 g/mol. The summed E-state index contributed by atoms with van der Waals surface area (Å²) in [4.78, 5) is 53.2. The molecule has 4 heterocycles. The predicted octanol–water partition coefficient (Wildman–Crippen LogP) is 5.85. The molecule has 47 heavy (non-hydrogen) atoms. The van der Waals surface area contributed by atoms with Crippen molar-refractivity contribution in [3.63, 3.8) is 0 Å². The third-order valence-electron chi connectivity index (χ3n) is 11.5. The maximum atomic E-state index is 14.2. The van der Waals surface area contributed by atoms with E-state index in [1.54, 1.807) is 11.3 Å². The second-order valence-electron chi connectivity index (χ2n) is 15.1. The van der Waals surface area contributed by atoms with E-state index in [9.17, 15) is 14.4 Å². The number of fused-ring (bicyclic) bond motifs is 3. The SMILES string of the molecule is Cc1cc(C)cc(-c2[nH]c3sc(C(C)(C)C(=O)C4C5CCC4CC5)cc3c2C(=O)CCN2CCN(CC(=O)N3CCOCC3)CC2)c1. The average molecular weight is 659 g/mol. The van der Waals surface area contributed by atoms with Gasteiger partial charge in [0.05, 0.1) is 36.4 Å². The van der Waals surface area contributed by atoms with Crippen molar-refractivity contribution < 1.29 is 19.1 Å². The molecule has 2 aliphatic carbocycles. The molecule has 2 aliphatic heterocycles. The number of Topliss-reactive ketones (excluding diaryl/α,β-unsaturated/α-hetero) is 2. The molecular weight excluding hydrogens is 609 g/mol. The molecule has 0 spiro atoms. The summed E-state index contributed by atoms with van der Waals surface area (Å²) >= 11 is 1.65. The molecule has 1 amide bonds. The summed E-state index contributed by atoms with van der Waals surface area (Å²) in [6.07, 6.45) is 5.21. The zero-order valence-electron chi connectivity index (χ0n) is 28.5. The van der Waals surface area contributed by atoms with Gasteiger partial charge in [-0.2, -0.15) is 0 Å². The van der Waals surface area contributed by atoms with Crippen molar-refractivity contribution in [1.82, 2.24) is 19.7 Å². The first-order valence-corrected chi connectivity index (χ1v) is 18.5. The number of carbonyl (C=O) groups excluding carboxylic acids is 3. The Morgan fingerprint density at radius 1 is 0.872 bits per heavy atom. The third-order valence-corrected chi connectivity index (χ3v) is 12.9. The minimum atomic E-state index is -0.580. The molecule has 2 bridgehead atoms. The van der Waals surface area contributed by atoms with Crippen LogP contribution in [0.25, 0.3) is 21.5 Å². The van der Waals surface area contributed by atoms with Crippen LogP contribution in [-0.4, -0.2) is 103 Å². The van der Waals surface area contributed by atoms with Crippen molar-refractivity contribution in [2.45, 2.75) is 65.2 Å². The molecule has 252 valence electrons. The van der Waals surface area contributed by atoms with E-state index in [4.69, 9.17) is 4.74 Å². The molecule has 0 radical (unpaired) electrons. The highest BCUT2D eigenvalue weighted by Crippen LogP contribution is 2.52. The summed E-state index contributed by atoms with van der Waals surface area (Å²) in [6.45, 7) is 15.5. The van der Waals surface area contributed by atoms with Gasteiger partial charge in [-0.1, -0.05) is 17.2 Å². The standard InChI is InChI=1S/C38H50N4O4S/c1-24-19-25(2)21-28(20-24)35-34(30(43)9-10-40-11-13-41(14-12-40)23-32(44)42-15-17-46-18-16-42)29-22-31(47-37(29)39-35)38(3,4)36(45)33-26-5-6-27(33)8-7-26/h19-22,26-27,33,39H,5-18,23H2,1-4H3. The first-order valence-electron chi connectivity index (χ1n) is 17.7. The number of nitrogens with one attached hydrogen (secondary N) is 1. The fourth-order valence-corrected chi connectivity index (χ4v) is 9.96. The number of hydrogen-bond acceptors (Lipinski definition) is 7. The number of aryl methyl sites for hydroxylation is 2. The Morgan fingerprint density at radius 3 is 2.13 bits per heavy atom. The smallest absolute Gasteiger partial charge is 0.236 e. The number of carbonyl (C=O) groups is 3. The van der Waals surface area contributed by atoms with Crippen molar-refractivity contribution in [3.8, 4) is 11.3 Å². The number of rotatable bonds is 10. The van der Waals surface area contributed by atoms with Gasteiger partial charge < -0.3 is 19.5 Å². The van der Waals surface area contributed by atoms with Crippen LogP contribution in [0.3, 0.4) is 0 Å². The molecule has 1 aromatic carbocycles. The number of aromatic nitrogens is 1. The van der Waals surface area contributed by atoms with Crippen LogP contribution in [0.5, 0.6) is 0 Å². The Hall–Kier alpha value is -2.85. The molecule has 4 fully saturated rings. The number of amides is 1. The van der Waals surface area contributed by atoms with Crippen molar-refractivity contribution in [2.75, 3.05) is 65.6 Å². The van der Waals surface area contributed by atoms with Crippen molar-refractivity contribution in [3.05, 3.63) is 45.8 Å². The van der Waals surface area contributed by atoms with E-state index in [0.29, 0.717) is 63.4 Å². The number of benzene rings is 1. The fraction of sp³-hybridized carbons (Fsp3) is 0.605. The predicted molar refractivity (Wildman–Crippen MR) is 187 cm³/mol. The van der Waals surface area contributed by atoms with Gasteiger partial charge in [-0.25, -0.2) is 0 Å². The van der Waals surface area contributed by atoms with Crippen LogP contribution in [0, 0.1) is 31.6 Å². The van der Waals surface area contributed by atoms with Gasteiger partial charge in [0.1, 0.15) is 10.6 Å². The Morgan fingerprint density at radius 2 is 1.49 bits per heavy atom. The summed E-state index contributed by atoms with van der Waals surface area (Å²) in [5.41, 5.74) is 4.43. The lowest BCUT2D eigenvalue weighted by Gasteiger charge is -2.36. The van der Waals surface area contributed by atoms with Crippen LogP contribution in [0.2, 0.25) is 0 Å². The van der Waals surface area contributed by atoms with Gasteiger partial charge in [0, 0.05) is 68.4 Å². The Balaban J connectivity index is 1.08. The van der Waals surface area contributed by atoms with E-state index in [0.717, 1.165) is 58.1 Å². The van der Waals surface area contributed by atoms with Gasteiger partial charge >= 0.3 is 0 Å². The maximum absolute atomic E-state index is 14.2. The Bertz CT molecular complexity index is 1620. The van der Waals surface area contributed by atoms with E-state index in [1.165, 1.54) is 36.8 Å². The molecule has 0 atom stereocenters. The van der Waals surface area contributed by atoms with Crippen LogP contribution in [0.15, 0.2) is 24.3 Å². The number of ketones is 2. The molecule has 7 rings (SSSR count). The fourth-order valence-electron chi connectivity index (χ4n) is 8.79. The molecule has 1 N–H and O–H groups in total. The normalized spacial score (nSPS) is 24.0. The van der Waals surface area contributed by atoms with Crippen molar-refractivity contribution in [2.24, 2.45) is 17.8 Å². The number of hydrogen-bond donors (Lipinski definition) is 1. The first-order chi connectivity index (χ1) is 22.6. The summed E-state index contributed by atoms with van der Waals surface area (Å²) in [5.74, 6) is 2.00. The summed E-state index contributed by atoms with van der Waals surface area (Å²) in [6, 6.07) is 8.61. The van der Waals surface area contributed by atoms with Crippen molar-refractivity contribution >= 4 is 39.0 Å². The van der Waals surface area contributed by atoms with Gasteiger partial charge in [0.25, 0.3) is 0 Å². The van der Waals surface area contributed by atoms with Crippen LogP contribution in [-0.2, 0) is 19.7 Å². The lowest BCUT2D eigenvalue weighted by molar-refractivity contribution is -0.136. The molecule has 2 aromatic heterocycles. The van der Waals surface area contributed by atoms with Crippen LogP contribution >= 0.6 is 11.3 Å². The lowest BCUT2D eigenvalue weighted by Crippen LogP contribution is -2.51. The van der Waals surface area contributed by atoms with Crippen molar-refractivity contribution in [1.29, 1.82) is 0 Å². The highest BCUT2D eigenvalue weighted by molar-refractivity contribution is 7.19. The minimum Gasteiger partial charge on any atom is -0.378 e. The number of piperazine rings is 1.